The van der Waals surface area contributed by atoms with Crippen LogP contribution in [0.1, 0.15) is 22.8 Å². The Morgan fingerprint density at radius 1 is 0.281 bits per heavy atom. The molecule has 280 valence electrons. The Labute approximate surface area is 328 Å². The maximum absolute atomic E-state index is 15.7. The van der Waals surface area contributed by atoms with Gasteiger partial charge in [-0.3, -0.25) is 0 Å². The molecule has 7 aromatic rings. The van der Waals surface area contributed by atoms with Crippen molar-refractivity contribution in [1.82, 2.24) is 19.9 Å². The summed E-state index contributed by atoms with van der Waals surface area (Å²) in [7, 11) is 0. The predicted molar refractivity (Wildman–Crippen MR) is 198 cm³/mol. The second-order valence-electron chi connectivity index (χ2n) is 12.7. The van der Waals surface area contributed by atoms with Crippen molar-refractivity contribution in [2.75, 3.05) is 0 Å². The summed E-state index contributed by atoms with van der Waals surface area (Å²) in [6.45, 7) is 0. The number of hydrogen-bond donors (Lipinski definition) is 0. The molecule has 13 heteroatoms. The number of hydrogen-bond acceptors (Lipinski definition) is 2. The molecule has 0 aliphatic carbocycles. The van der Waals surface area contributed by atoms with Crippen LogP contribution in [-0.4, -0.2) is 9.97 Å². The molecule has 0 N–H and O–H groups in total. The topological polar surface area (TPSA) is 54.0 Å². The molecule has 9 rings (SSSR count). The zero-order chi connectivity index (χ0) is 38.8. The van der Waals surface area contributed by atoms with Gasteiger partial charge in [0, 0.05) is 0 Å². The zero-order valence-electron chi connectivity index (χ0n) is 28.7. The molecule has 0 unspecified atom stereocenters. The first-order valence-electron chi connectivity index (χ1n) is 16.9. The molecule has 8 bridgehead atoms. The van der Waals surface area contributed by atoms with E-state index in [4.69, 9.17) is 0 Å². The third-order valence-corrected chi connectivity index (χ3v) is 9.46. The van der Waals surface area contributed by atoms with Gasteiger partial charge in [0.1, 0.15) is 46.5 Å². The maximum Gasteiger partial charge on any atom is 2.00 e. The Morgan fingerprint density at radius 2 is 0.474 bits per heavy atom. The average Bonchev–Trinajstić information content (AvgIpc) is 4.00. The van der Waals surface area contributed by atoms with Gasteiger partial charge in [0.2, 0.25) is 0 Å². The number of fused-ring (bicyclic) bond motifs is 8. The molecule has 0 spiro atoms. The van der Waals surface area contributed by atoms with Crippen molar-refractivity contribution in [2.24, 2.45) is 0 Å². The van der Waals surface area contributed by atoms with Crippen molar-refractivity contribution in [3.05, 3.63) is 166 Å². The number of aromatic nitrogens is 4. The van der Waals surface area contributed by atoms with Crippen LogP contribution in [0.3, 0.4) is 0 Å². The number of nitrogens with zero attached hydrogens (tertiary/aromatic N) is 4. The molecule has 0 amide bonds. The van der Waals surface area contributed by atoms with Crippen molar-refractivity contribution in [3.8, 4) is 44.5 Å². The van der Waals surface area contributed by atoms with Gasteiger partial charge in [-0.2, -0.15) is 0 Å². The largest absolute Gasteiger partial charge is 2.00 e. The minimum atomic E-state index is -0.995. The molecule has 4 nitrogen and oxygen atoms in total. The number of rotatable bonds is 4. The Balaban J connectivity index is 0.00000455. The van der Waals surface area contributed by atoms with E-state index >= 15 is 35.1 Å². The van der Waals surface area contributed by atoms with Gasteiger partial charge < -0.3 is 9.97 Å². The summed E-state index contributed by atoms with van der Waals surface area (Å²) in [5.74, 6) is -7.96. The Morgan fingerprint density at radius 3 is 0.667 bits per heavy atom. The van der Waals surface area contributed by atoms with Crippen molar-refractivity contribution in [2.45, 2.75) is 0 Å². The molecule has 0 saturated heterocycles. The fraction of sp³-hybridized carbons (Fsp3) is 0. The summed E-state index contributed by atoms with van der Waals surface area (Å²) in [5, 5.41) is 0. The molecule has 0 radical (unpaired) electrons. The van der Waals surface area contributed by atoms with E-state index in [1.165, 1.54) is 48.6 Å². The van der Waals surface area contributed by atoms with Crippen LogP contribution >= 0.6 is 0 Å². The molecule has 5 heterocycles. The van der Waals surface area contributed by atoms with Crippen LogP contribution < -0.4 is 9.97 Å². The van der Waals surface area contributed by atoms with E-state index in [0.29, 0.717) is 0 Å². The third-order valence-electron chi connectivity index (χ3n) is 9.46. The Kier molecular flexibility index (Phi) is 9.51. The van der Waals surface area contributed by atoms with Gasteiger partial charge >= 0.3 is 17.1 Å². The van der Waals surface area contributed by atoms with E-state index in [1.807, 2.05) is 0 Å². The SMILES string of the molecule is Fc1cccc(F)c1-c1c2nc(c(-c3c(F)cccc3F)c3ccc([n-]3)c(-c3c(F)cccc3F)c3nc(c(-c4c(F)cccc4F)c4ccc1[n-]4)C=C3)C=C2.[Fe+2]. The van der Waals surface area contributed by atoms with E-state index in [-0.39, 0.29) is 84.2 Å². The third kappa shape index (κ3) is 6.25. The fourth-order valence-electron chi connectivity index (χ4n) is 7.06. The van der Waals surface area contributed by atoms with Crippen molar-refractivity contribution in [1.29, 1.82) is 0 Å². The standard InChI is InChI=1S/C44H20F8N4.Fe/c45-21-5-1-6-22(46)37(21)41-29-13-15-31(53-29)42(38-23(47)7-2-8-24(38)48)33-17-19-35(55-33)44(40-27(51)11-4-12-28(40)52)36-20-18-34(56-36)43(32-16-14-30(41)54-32)39-25(49)9-3-10-26(39)50;/h1-20H;/q-2;+2. The smallest absolute Gasteiger partial charge is 0.657 e. The van der Waals surface area contributed by atoms with Crippen LogP contribution in [0.2, 0.25) is 0 Å². The molecule has 57 heavy (non-hydrogen) atoms. The molecule has 2 aliphatic rings. The van der Waals surface area contributed by atoms with E-state index < -0.39 is 68.8 Å². The molecular weight excluding hydrogens is 792 g/mol. The molecule has 2 aliphatic heterocycles. The molecule has 3 aromatic heterocycles. The maximum atomic E-state index is 15.7. The van der Waals surface area contributed by atoms with E-state index in [1.54, 1.807) is 0 Å². The van der Waals surface area contributed by atoms with Crippen LogP contribution in [0, 0.1) is 46.5 Å². The van der Waals surface area contributed by atoms with E-state index in [2.05, 4.69) is 19.9 Å². The monoisotopic (exact) mass is 812 g/mol. The summed E-state index contributed by atoms with van der Waals surface area (Å²) in [6, 6.07) is 18.3. The van der Waals surface area contributed by atoms with Gasteiger partial charge in [0.15, 0.2) is 0 Å². The van der Waals surface area contributed by atoms with Crippen LogP contribution in [0.15, 0.2) is 97.1 Å². The van der Waals surface area contributed by atoms with Gasteiger partial charge in [0.25, 0.3) is 0 Å². The average molecular weight is 813 g/mol. The van der Waals surface area contributed by atoms with Crippen LogP contribution in [0.25, 0.3) is 90.9 Å². The van der Waals surface area contributed by atoms with Gasteiger partial charge in [-0.05, 0) is 95.1 Å². The van der Waals surface area contributed by atoms with Crippen molar-refractivity contribution in [3.63, 3.8) is 0 Å². The molecule has 0 fully saturated rings. The Bertz CT molecular complexity index is 2560. The molecular formula is C44H20F8FeN4. The van der Waals surface area contributed by atoms with Crippen LogP contribution in [-0.2, 0) is 17.1 Å². The predicted octanol–water partition coefficient (Wildman–Crippen LogP) is 11.7. The van der Waals surface area contributed by atoms with Gasteiger partial charge in [0.05, 0.1) is 45.0 Å². The van der Waals surface area contributed by atoms with Crippen LogP contribution in [0.4, 0.5) is 35.1 Å². The van der Waals surface area contributed by atoms with E-state index in [9.17, 15) is 0 Å². The number of benzene rings is 4. The van der Waals surface area contributed by atoms with Gasteiger partial charge in [-0.1, -0.05) is 48.5 Å². The van der Waals surface area contributed by atoms with Gasteiger partial charge in [-0.25, -0.2) is 45.1 Å². The van der Waals surface area contributed by atoms with Crippen molar-refractivity contribution < 1.29 is 52.2 Å². The first-order chi connectivity index (χ1) is 27.1. The fourth-order valence-corrected chi connectivity index (χ4v) is 7.06. The molecule has 4 aromatic carbocycles. The first-order valence-corrected chi connectivity index (χ1v) is 16.9. The Hall–Kier alpha value is -6.56. The summed E-state index contributed by atoms with van der Waals surface area (Å²) in [5.41, 5.74) is -3.65. The minimum Gasteiger partial charge on any atom is -0.657 e. The molecule has 0 saturated carbocycles. The second-order valence-corrected chi connectivity index (χ2v) is 12.7. The minimum absolute atomic E-state index is 0. The zero-order valence-corrected chi connectivity index (χ0v) is 29.8. The van der Waals surface area contributed by atoms with Crippen molar-refractivity contribution >= 4 is 46.4 Å². The summed E-state index contributed by atoms with van der Waals surface area (Å²) in [4.78, 5) is 18.5. The van der Waals surface area contributed by atoms with E-state index in [0.717, 1.165) is 72.8 Å². The number of halogens is 8. The first kappa shape index (κ1) is 37.4. The van der Waals surface area contributed by atoms with Crippen LogP contribution in [0.5, 0.6) is 0 Å². The second kappa shape index (κ2) is 14.5. The summed E-state index contributed by atoms with van der Waals surface area (Å²) in [6.07, 6.45) is 5.46. The van der Waals surface area contributed by atoms with Gasteiger partial charge in [-0.15, -0.1) is 22.1 Å². The normalized spacial score (nSPS) is 11.9. The molecule has 0 atom stereocenters. The quantitative estimate of drug-likeness (QED) is 0.131. The summed E-state index contributed by atoms with van der Waals surface area (Å²) < 4.78 is 125. The summed E-state index contributed by atoms with van der Waals surface area (Å²) >= 11 is 0.